The Morgan fingerprint density at radius 1 is 1.44 bits per heavy atom. The van der Waals surface area contributed by atoms with Crippen LogP contribution in [0, 0.1) is 0 Å². The van der Waals surface area contributed by atoms with Gasteiger partial charge < -0.3 is 25.3 Å². The molecule has 0 aliphatic carbocycles. The fourth-order valence-corrected chi connectivity index (χ4v) is 1.42. The van der Waals surface area contributed by atoms with E-state index in [0.717, 1.165) is 0 Å². The molecular weight excluding hydrogens is 256 g/mol. The predicted octanol–water partition coefficient (Wildman–Crippen LogP) is 0.196. The molecule has 1 aromatic carbocycles. The minimum atomic E-state index is -0.291. The Kier molecular flexibility index (Phi) is 3.83. The zero-order chi connectivity index (χ0) is 13.0. The average Bonchev–Trinajstić information content (AvgIpc) is 2.81. The van der Waals surface area contributed by atoms with Gasteiger partial charge in [-0.15, -0.1) is 0 Å². The van der Waals surface area contributed by atoms with E-state index in [1.165, 1.54) is 0 Å². The summed E-state index contributed by atoms with van der Waals surface area (Å²) in [7, 11) is 0. The lowest BCUT2D eigenvalue weighted by Gasteiger charge is -2.07. The van der Waals surface area contributed by atoms with Crippen LogP contribution in [0.1, 0.15) is 0 Å². The van der Waals surface area contributed by atoms with Gasteiger partial charge in [0.2, 0.25) is 6.79 Å². The van der Waals surface area contributed by atoms with Crippen molar-refractivity contribution in [3.8, 4) is 17.2 Å². The van der Waals surface area contributed by atoms with E-state index in [1.54, 1.807) is 18.2 Å². The molecule has 0 radical (unpaired) electrons. The summed E-state index contributed by atoms with van der Waals surface area (Å²) in [4.78, 5) is 11.6. The quantitative estimate of drug-likeness (QED) is 0.742. The highest BCUT2D eigenvalue weighted by Gasteiger charge is 2.14. The van der Waals surface area contributed by atoms with Gasteiger partial charge in [0, 0.05) is 6.07 Å². The molecule has 0 fully saturated rings. The summed E-state index contributed by atoms with van der Waals surface area (Å²) in [5, 5.41) is 2.52. The topological polar surface area (TPSA) is 82.8 Å². The molecular formula is C11H12N2O4S. The van der Waals surface area contributed by atoms with Crippen molar-refractivity contribution in [1.29, 1.82) is 0 Å². The Labute approximate surface area is 109 Å². The van der Waals surface area contributed by atoms with Crippen LogP contribution in [0.3, 0.4) is 0 Å². The minimum absolute atomic E-state index is 0.109. The van der Waals surface area contributed by atoms with Crippen molar-refractivity contribution in [3.05, 3.63) is 18.2 Å². The molecule has 0 bridgehead atoms. The van der Waals surface area contributed by atoms with E-state index in [0.29, 0.717) is 17.2 Å². The molecule has 0 saturated carbocycles. The van der Waals surface area contributed by atoms with Gasteiger partial charge in [-0.25, -0.2) is 0 Å². The second kappa shape index (κ2) is 5.54. The maximum atomic E-state index is 11.3. The van der Waals surface area contributed by atoms with Crippen molar-refractivity contribution in [2.24, 2.45) is 5.73 Å². The van der Waals surface area contributed by atoms with Gasteiger partial charge in [0.05, 0.1) is 11.5 Å². The number of rotatable bonds is 5. The van der Waals surface area contributed by atoms with Gasteiger partial charge in [-0.05, 0) is 12.1 Å². The Morgan fingerprint density at radius 3 is 3.00 bits per heavy atom. The van der Waals surface area contributed by atoms with Crippen molar-refractivity contribution in [2.75, 3.05) is 19.9 Å². The number of ether oxygens (including phenoxy) is 3. The SMILES string of the molecule is NC(=S)CNC(=O)COc1ccc2c(c1)OCO2. The first-order valence-electron chi connectivity index (χ1n) is 5.22. The van der Waals surface area contributed by atoms with Gasteiger partial charge in [-0.2, -0.15) is 0 Å². The molecule has 7 heteroatoms. The number of hydrogen-bond donors (Lipinski definition) is 2. The highest BCUT2D eigenvalue weighted by molar-refractivity contribution is 7.80. The summed E-state index contributed by atoms with van der Waals surface area (Å²) >= 11 is 4.64. The summed E-state index contributed by atoms with van der Waals surface area (Å²) in [6, 6.07) is 5.10. The van der Waals surface area contributed by atoms with E-state index in [-0.39, 0.29) is 30.8 Å². The van der Waals surface area contributed by atoms with E-state index >= 15 is 0 Å². The monoisotopic (exact) mass is 268 g/mol. The Bertz CT molecular complexity index is 478. The molecule has 1 amide bonds. The lowest BCUT2D eigenvalue weighted by atomic mass is 10.3. The van der Waals surface area contributed by atoms with Crippen molar-refractivity contribution in [3.63, 3.8) is 0 Å². The molecule has 18 heavy (non-hydrogen) atoms. The maximum absolute atomic E-state index is 11.3. The molecule has 0 unspecified atom stereocenters. The van der Waals surface area contributed by atoms with E-state index in [9.17, 15) is 4.79 Å². The van der Waals surface area contributed by atoms with Crippen molar-refractivity contribution >= 4 is 23.1 Å². The lowest BCUT2D eigenvalue weighted by Crippen LogP contribution is -2.35. The fourth-order valence-electron chi connectivity index (χ4n) is 1.35. The number of nitrogens with two attached hydrogens (primary N) is 1. The fraction of sp³-hybridized carbons (Fsp3) is 0.273. The van der Waals surface area contributed by atoms with E-state index in [4.69, 9.17) is 19.9 Å². The third kappa shape index (κ3) is 3.24. The van der Waals surface area contributed by atoms with Crippen LogP contribution in [-0.4, -0.2) is 30.8 Å². The highest BCUT2D eigenvalue weighted by Crippen LogP contribution is 2.34. The molecule has 96 valence electrons. The molecule has 1 aromatic rings. The number of hydrogen-bond acceptors (Lipinski definition) is 5. The van der Waals surface area contributed by atoms with Gasteiger partial charge in [-0.3, -0.25) is 4.79 Å². The number of benzene rings is 1. The van der Waals surface area contributed by atoms with Gasteiger partial charge >= 0.3 is 0 Å². The number of carbonyl (C=O) groups excluding carboxylic acids is 1. The summed E-state index contributed by atoms with van der Waals surface area (Å²) < 4.78 is 15.6. The van der Waals surface area contributed by atoms with Crippen LogP contribution in [0.25, 0.3) is 0 Å². The molecule has 1 heterocycles. The number of carbonyl (C=O) groups is 1. The number of nitrogens with one attached hydrogen (secondary N) is 1. The Balaban J connectivity index is 1.83. The molecule has 3 N–H and O–H groups in total. The maximum Gasteiger partial charge on any atom is 0.258 e. The molecule has 0 aromatic heterocycles. The van der Waals surface area contributed by atoms with E-state index in [2.05, 4.69) is 17.5 Å². The van der Waals surface area contributed by atoms with Crippen molar-refractivity contribution < 1.29 is 19.0 Å². The molecule has 0 saturated heterocycles. The minimum Gasteiger partial charge on any atom is -0.484 e. The van der Waals surface area contributed by atoms with Gasteiger partial charge in [0.25, 0.3) is 5.91 Å². The molecule has 0 spiro atoms. The number of fused-ring (bicyclic) bond motifs is 1. The second-order valence-electron chi connectivity index (χ2n) is 3.55. The van der Waals surface area contributed by atoms with Gasteiger partial charge in [0.15, 0.2) is 18.1 Å². The average molecular weight is 268 g/mol. The summed E-state index contributed by atoms with van der Waals surface area (Å²) in [5.74, 6) is 1.52. The Morgan fingerprint density at radius 2 is 2.22 bits per heavy atom. The van der Waals surface area contributed by atoms with Crippen LogP contribution < -0.4 is 25.3 Å². The highest BCUT2D eigenvalue weighted by atomic mass is 32.1. The number of thiocarbonyl (C=S) groups is 1. The molecule has 1 aliphatic heterocycles. The van der Waals surface area contributed by atoms with Crippen molar-refractivity contribution in [1.82, 2.24) is 5.32 Å². The molecule has 2 rings (SSSR count). The third-order valence-corrected chi connectivity index (χ3v) is 2.32. The molecule has 0 atom stereocenters. The summed E-state index contributed by atoms with van der Waals surface area (Å²) in [6.07, 6.45) is 0. The van der Waals surface area contributed by atoms with Crippen LogP contribution in [0.2, 0.25) is 0 Å². The van der Waals surface area contributed by atoms with Crippen LogP contribution in [0.4, 0.5) is 0 Å². The lowest BCUT2D eigenvalue weighted by molar-refractivity contribution is -0.122. The second-order valence-corrected chi connectivity index (χ2v) is 4.07. The van der Waals surface area contributed by atoms with Crippen LogP contribution >= 0.6 is 12.2 Å². The van der Waals surface area contributed by atoms with Crippen LogP contribution in [0.5, 0.6) is 17.2 Å². The standard InChI is InChI=1S/C11H12N2O4S/c12-10(18)4-13-11(14)5-15-7-1-2-8-9(3-7)17-6-16-8/h1-3H,4-6H2,(H2,12,18)(H,13,14). The van der Waals surface area contributed by atoms with Crippen LogP contribution in [0.15, 0.2) is 18.2 Å². The number of amides is 1. The van der Waals surface area contributed by atoms with Crippen LogP contribution in [-0.2, 0) is 4.79 Å². The van der Waals surface area contributed by atoms with Crippen molar-refractivity contribution in [2.45, 2.75) is 0 Å². The summed E-state index contributed by atoms with van der Waals surface area (Å²) in [5.41, 5.74) is 5.25. The first kappa shape index (κ1) is 12.4. The zero-order valence-corrected chi connectivity index (χ0v) is 10.3. The smallest absolute Gasteiger partial charge is 0.258 e. The molecule has 6 nitrogen and oxygen atoms in total. The zero-order valence-electron chi connectivity index (χ0n) is 9.47. The van der Waals surface area contributed by atoms with Gasteiger partial charge in [-0.1, -0.05) is 12.2 Å². The molecule has 1 aliphatic rings. The normalized spacial score (nSPS) is 12.0. The first-order chi connectivity index (χ1) is 8.65. The first-order valence-corrected chi connectivity index (χ1v) is 5.63. The largest absolute Gasteiger partial charge is 0.484 e. The van der Waals surface area contributed by atoms with E-state index < -0.39 is 0 Å². The van der Waals surface area contributed by atoms with E-state index in [1.807, 2.05) is 0 Å². The Hall–Kier alpha value is -2.02. The third-order valence-electron chi connectivity index (χ3n) is 2.17. The van der Waals surface area contributed by atoms with Gasteiger partial charge in [0.1, 0.15) is 5.75 Å². The summed E-state index contributed by atoms with van der Waals surface area (Å²) in [6.45, 7) is 0.258. The predicted molar refractivity (Wildman–Crippen MR) is 67.9 cm³/mol.